The molecule has 7 nitrogen and oxygen atoms in total. The summed E-state index contributed by atoms with van der Waals surface area (Å²) >= 11 is 7.23. The van der Waals surface area contributed by atoms with Gasteiger partial charge < -0.3 is 9.84 Å². The molecule has 0 bridgehead atoms. The summed E-state index contributed by atoms with van der Waals surface area (Å²) in [6, 6.07) is 9.08. The lowest BCUT2D eigenvalue weighted by molar-refractivity contribution is 0.0697. The van der Waals surface area contributed by atoms with Crippen LogP contribution >= 0.6 is 22.9 Å². The number of aromatic nitrogens is 1. The number of thiazole rings is 1. The van der Waals surface area contributed by atoms with E-state index in [2.05, 4.69) is 4.98 Å². The summed E-state index contributed by atoms with van der Waals surface area (Å²) in [5.74, 6) is -0.904. The first-order chi connectivity index (χ1) is 15.5. The molecule has 11 heteroatoms. The summed E-state index contributed by atoms with van der Waals surface area (Å²) in [5, 5.41) is 11.0. The quantitative estimate of drug-likeness (QED) is 0.421. The molecule has 0 saturated carbocycles. The number of carboxylic acid groups (broad SMARTS) is 1. The predicted octanol–water partition coefficient (Wildman–Crippen LogP) is 5.24. The fourth-order valence-electron chi connectivity index (χ4n) is 2.96. The van der Waals surface area contributed by atoms with Crippen molar-refractivity contribution in [3.05, 3.63) is 69.2 Å². The minimum absolute atomic E-state index is 0.0156. The molecule has 1 atom stereocenters. The van der Waals surface area contributed by atoms with E-state index in [0.717, 1.165) is 15.6 Å². The molecule has 0 aliphatic heterocycles. The Hall–Kier alpha value is -2.69. The van der Waals surface area contributed by atoms with E-state index < -0.39 is 28.7 Å². The highest BCUT2D eigenvalue weighted by molar-refractivity contribution is 7.94. The third kappa shape index (κ3) is 5.82. The van der Waals surface area contributed by atoms with Crippen molar-refractivity contribution in [3.8, 4) is 5.75 Å². The minimum atomic E-state index is -4.17. The normalized spacial score (nSPS) is 12.4. The molecule has 1 unspecified atom stereocenters. The second-order valence-electron chi connectivity index (χ2n) is 7.43. The number of halogens is 2. The fourth-order valence-corrected chi connectivity index (χ4v) is 5.79. The molecule has 0 radical (unpaired) electrons. The highest BCUT2D eigenvalue weighted by Gasteiger charge is 2.32. The van der Waals surface area contributed by atoms with Crippen LogP contribution in [0.3, 0.4) is 0 Å². The van der Waals surface area contributed by atoms with Crippen molar-refractivity contribution in [1.82, 2.24) is 4.98 Å². The Morgan fingerprint density at radius 1 is 1.27 bits per heavy atom. The number of aromatic carboxylic acids is 1. The smallest absolute Gasteiger partial charge is 0.335 e. The molecule has 0 saturated heterocycles. The van der Waals surface area contributed by atoms with Gasteiger partial charge in [0.1, 0.15) is 18.5 Å². The largest absolute Gasteiger partial charge is 0.487 e. The van der Waals surface area contributed by atoms with Crippen LogP contribution in [0.25, 0.3) is 0 Å². The van der Waals surface area contributed by atoms with Gasteiger partial charge in [-0.3, -0.25) is 4.31 Å². The lowest BCUT2D eigenvalue weighted by atomic mass is 10.1. The molecule has 0 spiro atoms. The first kappa shape index (κ1) is 24.9. The number of hydrogen-bond acceptors (Lipinski definition) is 6. The Morgan fingerprint density at radius 3 is 2.48 bits per heavy atom. The van der Waals surface area contributed by atoms with Gasteiger partial charge in [-0.25, -0.2) is 14.2 Å². The van der Waals surface area contributed by atoms with Crippen molar-refractivity contribution < 1.29 is 27.4 Å². The van der Waals surface area contributed by atoms with E-state index in [0.29, 0.717) is 21.8 Å². The number of carbonyl (C=O) groups is 1. The maximum absolute atomic E-state index is 14.1. The second-order valence-corrected chi connectivity index (χ2v) is 10.7. The zero-order valence-electron chi connectivity index (χ0n) is 18.1. The van der Waals surface area contributed by atoms with Crippen LogP contribution < -0.4 is 9.04 Å². The summed E-state index contributed by atoms with van der Waals surface area (Å²) < 4.78 is 47.5. The molecule has 33 heavy (non-hydrogen) atoms. The number of aryl methyl sites for hydroxylation is 2. The molecule has 0 fully saturated rings. The van der Waals surface area contributed by atoms with Crippen LogP contribution in [0.1, 0.15) is 34.1 Å². The van der Waals surface area contributed by atoms with E-state index in [1.807, 2.05) is 0 Å². The number of rotatable bonds is 9. The van der Waals surface area contributed by atoms with Gasteiger partial charge in [-0.2, -0.15) is 8.42 Å². The van der Waals surface area contributed by atoms with Crippen LogP contribution in [-0.4, -0.2) is 37.2 Å². The van der Waals surface area contributed by atoms with Gasteiger partial charge in [-0.1, -0.05) is 23.7 Å². The third-order valence-corrected chi connectivity index (χ3v) is 8.17. The van der Waals surface area contributed by atoms with Crippen molar-refractivity contribution in [2.24, 2.45) is 0 Å². The fraction of sp³-hybridized carbons (Fsp3) is 0.273. The van der Waals surface area contributed by atoms with Crippen LogP contribution in [0.2, 0.25) is 5.02 Å². The van der Waals surface area contributed by atoms with E-state index in [4.69, 9.17) is 21.4 Å². The zero-order valence-corrected chi connectivity index (χ0v) is 20.5. The molecule has 3 rings (SSSR count). The number of sulfonamides is 1. The van der Waals surface area contributed by atoms with Crippen molar-refractivity contribution in [2.45, 2.75) is 37.9 Å². The average molecular weight is 513 g/mol. The van der Waals surface area contributed by atoms with Crippen LogP contribution in [0, 0.1) is 13.8 Å². The molecule has 0 amide bonds. The number of ether oxygens (including phenoxy) is 1. The van der Waals surface area contributed by atoms with E-state index in [1.165, 1.54) is 31.2 Å². The topological polar surface area (TPSA) is 96.8 Å². The van der Waals surface area contributed by atoms with Gasteiger partial charge in [0.25, 0.3) is 10.0 Å². The molecule has 1 N–H and O–H groups in total. The van der Waals surface area contributed by atoms with Gasteiger partial charge in [-0.15, -0.1) is 11.3 Å². The molecular weight excluding hydrogens is 491 g/mol. The summed E-state index contributed by atoms with van der Waals surface area (Å²) in [6.07, 6.45) is -1.46. The number of nitrogens with zero attached hydrogens (tertiary/aromatic N) is 2. The Labute approximate surface area is 200 Å². The average Bonchev–Trinajstić information content (AvgIpc) is 3.20. The van der Waals surface area contributed by atoms with E-state index in [9.17, 15) is 17.6 Å². The molecule has 0 aliphatic rings. The molecule has 1 heterocycles. The standard InChI is InChI=1S/C22H22ClFN2O5S2/c1-13-8-19(26(10-14(2)24)33(29,30)22-25-15(3)12-32-22)20(9-18(13)23)31-11-16-4-6-17(7-5-16)21(27)28/h4-9,12,14H,10-11H2,1-3H3,(H,27,28). The summed E-state index contributed by atoms with van der Waals surface area (Å²) in [5.41, 5.74) is 2.06. The maximum Gasteiger partial charge on any atom is 0.335 e. The number of benzene rings is 2. The van der Waals surface area contributed by atoms with Crippen LogP contribution in [0.4, 0.5) is 10.1 Å². The van der Waals surface area contributed by atoms with Crippen molar-refractivity contribution in [2.75, 3.05) is 10.8 Å². The molecule has 0 aliphatic carbocycles. The van der Waals surface area contributed by atoms with E-state index >= 15 is 0 Å². The third-order valence-electron chi connectivity index (χ3n) is 4.63. The summed E-state index contributed by atoms with van der Waals surface area (Å²) in [7, 11) is -4.17. The first-order valence-corrected chi connectivity index (χ1v) is 12.5. The number of hydrogen-bond donors (Lipinski definition) is 1. The van der Waals surface area contributed by atoms with Gasteiger partial charge in [0.15, 0.2) is 0 Å². The van der Waals surface area contributed by atoms with Crippen LogP contribution in [-0.2, 0) is 16.6 Å². The molecule has 176 valence electrons. The molecule has 1 aromatic heterocycles. The van der Waals surface area contributed by atoms with E-state index in [-0.39, 0.29) is 27.9 Å². The van der Waals surface area contributed by atoms with Crippen molar-refractivity contribution in [3.63, 3.8) is 0 Å². The SMILES string of the molecule is Cc1csc(S(=O)(=O)N(CC(C)F)c2cc(C)c(Cl)cc2OCc2ccc(C(=O)O)cc2)n1. The molecular formula is C22H22ClFN2O5S2. The Morgan fingerprint density at radius 2 is 1.94 bits per heavy atom. The molecule has 2 aromatic carbocycles. The van der Waals surface area contributed by atoms with Crippen molar-refractivity contribution >= 4 is 44.6 Å². The predicted molar refractivity (Wildman–Crippen MR) is 126 cm³/mol. The van der Waals surface area contributed by atoms with Gasteiger partial charge in [0.2, 0.25) is 4.34 Å². The summed E-state index contributed by atoms with van der Waals surface area (Å²) in [6.45, 7) is 4.22. The Bertz CT molecular complexity index is 1260. The monoisotopic (exact) mass is 512 g/mol. The van der Waals surface area contributed by atoms with Gasteiger partial charge in [0, 0.05) is 22.2 Å². The van der Waals surface area contributed by atoms with Gasteiger partial charge in [0.05, 0.1) is 17.8 Å². The van der Waals surface area contributed by atoms with Crippen molar-refractivity contribution in [1.29, 1.82) is 0 Å². The Kier molecular flexibility index (Phi) is 7.61. The maximum atomic E-state index is 14.1. The zero-order chi connectivity index (χ0) is 24.3. The number of alkyl halides is 1. The number of carboxylic acids is 1. The van der Waals surface area contributed by atoms with Gasteiger partial charge in [-0.05, 0) is 50.1 Å². The minimum Gasteiger partial charge on any atom is -0.487 e. The lowest BCUT2D eigenvalue weighted by Gasteiger charge is -2.26. The first-order valence-electron chi connectivity index (χ1n) is 9.83. The number of anilines is 1. The summed E-state index contributed by atoms with van der Waals surface area (Å²) in [4.78, 5) is 15.1. The molecule has 3 aromatic rings. The van der Waals surface area contributed by atoms with E-state index in [1.54, 1.807) is 31.4 Å². The lowest BCUT2D eigenvalue weighted by Crippen LogP contribution is -2.36. The van der Waals surface area contributed by atoms with Crippen LogP contribution in [0.5, 0.6) is 5.75 Å². The highest BCUT2D eigenvalue weighted by Crippen LogP contribution is 2.38. The van der Waals surface area contributed by atoms with Gasteiger partial charge >= 0.3 is 5.97 Å². The van der Waals surface area contributed by atoms with Crippen LogP contribution in [0.15, 0.2) is 46.1 Å². The second kappa shape index (κ2) is 10.1. The Balaban J connectivity index is 2.01. The highest BCUT2D eigenvalue weighted by atomic mass is 35.5.